The van der Waals surface area contributed by atoms with E-state index >= 15 is 0 Å². The highest BCUT2D eigenvalue weighted by Gasteiger charge is 2.32. The SMILES string of the molecule is CCNCCNS(=O)(=O)C1CCS(=O)(=O)CC1. The molecule has 8 heteroatoms. The third-order valence-electron chi connectivity index (χ3n) is 2.80. The highest BCUT2D eigenvalue weighted by atomic mass is 32.2. The van der Waals surface area contributed by atoms with Crippen LogP contribution in [-0.4, -0.2) is 53.2 Å². The van der Waals surface area contributed by atoms with Gasteiger partial charge in [0.05, 0.1) is 16.8 Å². The Bertz CT molecular complexity index is 416. The minimum Gasteiger partial charge on any atom is -0.316 e. The quantitative estimate of drug-likeness (QED) is 0.616. The Morgan fingerprint density at radius 3 is 2.29 bits per heavy atom. The zero-order valence-corrected chi connectivity index (χ0v) is 11.6. The Hall–Kier alpha value is -0.180. The predicted molar refractivity (Wildman–Crippen MR) is 67.1 cm³/mol. The first-order valence-electron chi connectivity index (χ1n) is 5.77. The van der Waals surface area contributed by atoms with Gasteiger partial charge in [-0.1, -0.05) is 6.92 Å². The van der Waals surface area contributed by atoms with Gasteiger partial charge in [0.1, 0.15) is 9.84 Å². The van der Waals surface area contributed by atoms with Crippen molar-refractivity contribution in [3.63, 3.8) is 0 Å². The van der Waals surface area contributed by atoms with Gasteiger partial charge < -0.3 is 5.32 Å². The molecule has 1 rings (SSSR count). The van der Waals surface area contributed by atoms with E-state index in [4.69, 9.17) is 0 Å². The number of hydrogen-bond acceptors (Lipinski definition) is 5. The maximum Gasteiger partial charge on any atom is 0.214 e. The fraction of sp³-hybridized carbons (Fsp3) is 1.00. The molecule has 0 aromatic heterocycles. The zero-order valence-electron chi connectivity index (χ0n) is 9.98. The van der Waals surface area contributed by atoms with Crippen molar-refractivity contribution in [2.75, 3.05) is 31.1 Å². The van der Waals surface area contributed by atoms with Crippen molar-refractivity contribution in [2.45, 2.75) is 25.0 Å². The number of sulfonamides is 1. The van der Waals surface area contributed by atoms with Crippen LogP contribution >= 0.6 is 0 Å². The molecule has 0 aromatic carbocycles. The Labute approximate surface area is 103 Å². The van der Waals surface area contributed by atoms with Gasteiger partial charge in [0, 0.05) is 13.1 Å². The van der Waals surface area contributed by atoms with Gasteiger partial charge in [-0.2, -0.15) is 0 Å². The van der Waals surface area contributed by atoms with Crippen LogP contribution in [0.1, 0.15) is 19.8 Å². The van der Waals surface area contributed by atoms with Gasteiger partial charge in [-0.05, 0) is 19.4 Å². The van der Waals surface area contributed by atoms with E-state index in [-0.39, 0.29) is 24.3 Å². The maximum atomic E-state index is 11.8. The minimum atomic E-state index is -3.37. The van der Waals surface area contributed by atoms with E-state index in [1.54, 1.807) is 0 Å². The van der Waals surface area contributed by atoms with Crippen molar-refractivity contribution in [3.8, 4) is 0 Å². The lowest BCUT2D eigenvalue weighted by atomic mass is 10.2. The summed E-state index contributed by atoms with van der Waals surface area (Å²) in [6.07, 6.45) is 0.414. The normalized spacial score (nSPS) is 21.5. The van der Waals surface area contributed by atoms with Crippen LogP contribution in [-0.2, 0) is 19.9 Å². The van der Waals surface area contributed by atoms with Crippen LogP contribution in [0.25, 0.3) is 0 Å². The average molecular weight is 284 g/mol. The summed E-state index contributed by atoms with van der Waals surface area (Å²) in [6.45, 7) is 3.67. The molecule has 1 fully saturated rings. The maximum absolute atomic E-state index is 11.8. The first kappa shape index (κ1) is 14.9. The average Bonchev–Trinajstić information content (AvgIpc) is 2.24. The molecule has 0 aromatic rings. The molecule has 0 aliphatic carbocycles. The predicted octanol–water partition coefficient (Wildman–Crippen LogP) is -0.907. The smallest absolute Gasteiger partial charge is 0.214 e. The van der Waals surface area contributed by atoms with Gasteiger partial charge in [0.15, 0.2) is 0 Å². The van der Waals surface area contributed by atoms with Crippen LogP contribution in [0, 0.1) is 0 Å². The summed E-state index contributed by atoms with van der Waals surface area (Å²) in [4.78, 5) is 0. The third-order valence-corrected chi connectivity index (χ3v) is 6.47. The summed E-state index contributed by atoms with van der Waals surface area (Å²) in [5, 5.41) is 2.45. The van der Waals surface area contributed by atoms with Crippen molar-refractivity contribution < 1.29 is 16.8 Å². The molecule has 0 atom stereocenters. The van der Waals surface area contributed by atoms with E-state index in [2.05, 4.69) is 10.0 Å². The first-order chi connectivity index (χ1) is 7.87. The largest absolute Gasteiger partial charge is 0.316 e. The fourth-order valence-electron chi connectivity index (χ4n) is 1.76. The molecule has 1 aliphatic heterocycles. The molecule has 1 heterocycles. The van der Waals surface area contributed by atoms with Crippen molar-refractivity contribution in [3.05, 3.63) is 0 Å². The molecule has 1 saturated heterocycles. The first-order valence-corrected chi connectivity index (χ1v) is 9.14. The van der Waals surface area contributed by atoms with E-state index in [0.717, 1.165) is 6.54 Å². The van der Waals surface area contributed by atoms with Crippen molar-refractivity contribution in [1.29, 1.82) is 0 Å². The Balaban J connectivity index is 2.43. The van der Waals surface area contributed by atoms with Gasteiger partial charge in [-0.25, -0.2) is 21.6 Å². The lowest BCUT2D eigenvalue weighted by Crippen LogP contribution is -2.41. The highest BCUT2D eigenvalue weighted by molar-refractivity contribution is 7.92. The van der Waals surface area contributed by atoms with E-state index in [1.807, 2.05) is 6.92 Å². The molecule has 17 heavy (non-hydrogen) atoms. The molecular formula is C9H20N2O4S2. The molecule has 0 amide bonds. The summed E-state index contributed by atoms with van der Waals surface area (Å²) in [5.74, 6) is -0.0441. The Kier molecular flexibility index (Phi) is 5.36. The minimum absolute atomic E-state index is 0.0220. The van der Waals surface area contributed by atoms with Crippen LogP contribution < -0.4 is 10.0 Å². The summed E-state index contributed by atoms with van der Waals surface area (Å²) >= 11 is 0. The summed E-state index contributed by atoms with van der Waals surface area (Å²) in [5.41, 5.74) is 0. The van der Waals surface area contributed by atoms with E-state index < -0.39 is 25.1 Å². The lowest BCUT2D eigenvalue weighted by molar-refractivity contribution is 0.540. The second kappa shape index (κ2) is 6.12. The monoisotopic (exact) mass is 284 g/mol. The van der Waals surface area contributed by atoms with Crippen molar-refractivity contribution in [1.82, 2.24) is 10.0 Å². The Morgan fingerprint density at radius 1 is 1.18 bits per heavy atom. The second-order valence-corrected chi connectivity index (χ2v) is 8.49. The lowest BCUT2D eigenvalue weighted by Gasteiger charge is -2.22. The highest BCUT2D eigenvalue weighted by Crippen LogP contribution is 2.18. The van der Waals surface area contributed by atoms with Gasteiger partial charge in [-0.3, -0.25) is 0 Å². The van der Waals surface area contributed by atoms with E-state index in [1.165, 1.54) is 0 Å². The molecule has 0 radical (unpaired) electrons. The van der Waals surface area contributed by atoms with Crippen molar-refractivity contribution in [2.24, 2.45) is 0 Å². The number of likely N-dealkylation sites (N-methyl/N-ethyl adjacent to an activating group) is 1. The third kappa shape index (κ3) is 4.90. The van der Waals surface area contributed by atoms with Crippen LogP contribution in [0.5, 0.6) is 0 Å². The second-order valence-electron chi connectivity index (χ2n) is 4.14. The molecule has 0 unspecified atom stereocenters. The fourth-order valence-corrected chi connectivity index (χ4v) is 5.02. The van der Waals surface area contributed by atoms with Crippen LogP contribution in [0.3, 0.4) is 0 Å². The topological polar surface area (TPSA) is 92.3 Å². The summed E-state index contributed by atoms with van der Waals surface area (Å²) in [7, 11) is -6.38. The summed E-state index contributed by atoms with van der Waals surface area (Å²) < 4.78 is 48.6. The molecule has 102 valence electrons. The standard InChI is InChI=1S/C9H20N2O4S2/c1-2-10-5-6-11-17(14,15)9-3-7-16(12,13)8-4-9/h9-11H,2-8H2,1H3. The van der Waals surface area contributed by atoms with Gasteiger partial charge in [-0.15, -0.1) is 0 Å². The van der Waals surface area contributed by atoms with Gasteiger partial charge in [0.2, 0.25) is 10.0 Å². The van der Waals surface area contributed by atoms with Crippen LogP contribution in [0.4, 0.5) is 0 Å². The molecule has 0 bridgehead atoms. The Morgan fingerprint density at radius 2 is 1.76 bits per heavy atom. The van der Waals surface area contributed by atoms with Crippen LogP contribution in [0.2, 0.25) is 0 Å². The molecule has 1 aliphatic rings. The molecule has 6 nitrogen and oxygen atoms in total. The van der Waals surface area contributed by atoms with Crippen LogP contribution in [0.15, 0.2) is 0 Å². The number of nitrogens with one attached hydrogen (secondary N) is 2. The molecule has 2 N–H and O–H groups in total. The van der Waals surface area contributed by atoms with Gasteiger partial charge in [0.25, 0.3) is 0 Å². The number of rotatable bonds is 6. The summed E-state index contributed by atoms with van der Waals surface area (Å²) in [6, 6.07) is 0. The van der Waals surface area contributed by atoms with E-state index in [0.29, 0.717) is 13.1 Å². The molecular weight excluding hydrogens is 264 g/mol. The number of sulfone groups is 1. The molecule has 0 spiro atoms. The molecule has 0 saturated carbocycles. The number of hydrogen-bond donors (Lipinski definition) is 2. The van der Waals surface area contributed by atoms with Crippen molar-refractivity contribution >= 4 is 19.9 Å². The zero-order chi connectivity index (χ0) is 12.9. The van der Waals surface area contributed by atoms with E-state index in [9.17, 15) is 16.8 Å². The van der Waals surface area contributed by atoms with Gasteiger partial charge >= 0.3 is 0 Å².